The summed E-state index contributed by atoms with van der Waals surface area (Å²) in [6, 6.07) is 8.05. The lowest BCUT2D eigenvalue weighted by Crippen LogP contribution is -2.34. The van der Waals surface area contributed by atoms with Gasteiger partial charge in [0.25, 0.3) is 5.91 Å². The summed E-state index contributed by atoms with van der Waals surface area (Å²) in [6.45, 7) is 1.83. The van der Waals surface area contributed by atoms with E-state index in [9.17, 15) is 9.18 Å². The Bertz CT molecular complexity index is 837. The third-order valence-electron chi connectivity index (χ3n) is 3.36. The highest BCUT2D eigenvalue weighted by Crippen LogP contribution is 2.19. The van der Waals surface area contributed by atoms with Gasteiger partial charge in [-0.25, -0.2) is 19.3 Å². The van der Waals surface area contributed by atoms with E-state index in [1.165, 1.54) is 17.4 Å². The molecule has 0 aliphatic carbocycles. The number of rotatable bonds is 5. The summed E-state index contributed by atoms with van der Waals surface area (Å²) < 4.78 is 13.7. The van der Waals surface area contributed by atoms with E-state index in [0.29, 0.717) is 28.5 Å². The van der Waals surface area contributed by atoms with Crippen LogP contribution < -0.4 is 5.32 Å². The number of nitrogens with one attached hydrogen (secondary N) is 1. The van der Waals surface area contributed by atoms with Crippen LogP contribution in [-0.4, -0.2) is 26.9 Å². The largest absolute Gasteiger partial charge is 0.348 e. The monoisotopic (exact) mass is 342 g/mol. The number of thiazole rings is 1. The van der Waals surface area contributed by atoms with Gasteiger partial charge in [-0.15, -0.1) is 11.3 Å². The Morgan fingerprint density at radius 3 is 2.75 bits per heavy atom. The zero-order valence-electron chi connectivity index (χ0n) is 12.9. The molecule has 2 aromatic heterocycles. The van der Waals surface area contributed by atoms with Gasteiger partial charge in [-0.1, -0.05) is 18.2 Å². The van der Waals surface area contributed by atoms with Crippen molar-refractivity contribution in [2.75, 3.05) is 0 Å². The summed E-state index contributed by atoms with van der Waals surface area (Å²) in [7, 11) is 0. The van der Waals surface area contributed by atoms with Crippen LogP contribution in [-0.2, 0) is 6.42 Å². The second kappa shape index (κ2) is 7.27. The number of aromatic nitrogens is 3. The number of carbonyl (C=O) groups is 1. The maximum atomic E-state index is 13.7. The van der Waals surface area contributed by atoms with Crippen LogP contribution in [0.25, 0.3) is 10.8 Å². The van der Waals surface area contributed by atoms with E-state index in [2.05, 4.69) is 20.3 Å². The first-order chi connectivity index (χ1) is 11.6. The van der Waals surface area contributed by atoms with Crippen molar-refractivity contribution in [1.29, 1.82) is 0 Å². The molecule has 0 aliphatic heterocycles. The zero-order valence-corrected chi connectivity index (χ0v) is 13.8. The summed E-state index contributed by atoms with van der Waals surface area (Å²) in [5.41, 5.74) is 0.879. The topological polar surface area (TPSA) is 67.8 Å². The second-order valence-corrected chi connectivity index (χ2v) is 6.14. The number of carbonyl (C=O) groups excluding carboxylic acids is 1. The molecule has 0 fully saturated rings. The molecular formula is C17H15FN4OS. The van der Waals surface area contributed by atoms with Crippen LogP contribution in [0.2, 0.25) is 0 Å². The highest BCUT2D eigenvalue weighted by molar-refractivity contribution is 7.13. The zero-order chi connectivity index (χ0) is 16.9. The molecule has 1 atom stereocenters. The molecule has 24 heavy (non-hydrogen) atoms. The van der Waals surface area contributed by atoms with Crippen molar-refractivity contribution in [3.05, 3.63) is 65.2 Å². The molecule has 0 saturated carbocycles. The van der Waals surface area contributed by atoms with Crippen LogP contribution in [0.15, 0.2) is 48.1 Å². The molecule has 0 spiro atoms. The van der Waals surface area contributed by atoms with Crippen molar-refractivity contribution in [1.82, 2.24) is 20.3 Å². The normalized spacial score (nSPS) is 11.9. The predicted molar refractivity (Wildman–Crippen MR) is 90.2 cm³/mol. The lowest BCUT2D eigenvalue weighted by molar-refractivity contribution is 0.0935. The maximum absolute atomic E-state index is 13.7. The van der Waals surface area contributed by atoms with E-state index < -0.39 is 0 Å². The number of benzene rings is 1. The molecule has 1 unspecified atom stereocenters. The molecule has 0 aliphatic rings. The highest BCUT2D eigenvalue weighted by atomic mass is 32.1. The summed E-state index contributed by atoms with van der Waals surface area (Å²) in [5.74, 6) is -0.0750. The summed E-state index contributed by atoms with van der Waals surface area (Å²) in [6.07, 6.45) is 3.66. The minimum atomic E-state index is -0.294. The van der Waals surface area contributed by atoms with Gasteiger partial charge in [0, 0.05) is 23.8 Å². The van der Waals surface area contributed by atoms with Crippen molar-refractivity contribution in [3.63, 3.8) is 0 Å². The van der Waals surface area contributed by atoms with Crippen LogP contribution >= 0.6 is 11.3 Å². The van der Waals surface area contributed by atoms with Gasteiger partial charge in [0.15, 0.2) is 10.8 Å². The van der Waals surface area contributed by atoms with Crippen molar-refractivity contribution in [3.8, 4) is 10.8 Å². The Morgan fingerprint density at radius 2 is 2.00 bits per heavy atom. The highest BCUT2D eigenvalue weighted by Gasteiger charge is 2.16. The summed E-state index contributed by atoms with van der Waals surface area (Å²) in [4.78, 5) is 24.8. The van der Waals surface area contributed by atoms with Crippen molar-refractivity contribution in [2.45, 2.75) is 19.4 Å². The van der Waals surface area contributed by atoms with Crippen LogP contribution in [0, 0.1) is 5.82 Å². The standard InChI is InChI=1S/C17H15FN4OS/c1-11(9-12-5-2-3-6-13(12)18)21-16(23)14-10-24-17(22-14)15-19-7-4-8-20-15/h2-8,10-11H,9H2,1H3,(H,21,23). The fourth-order valence-corrected chi connectivity index (χ4v) is 2.98. The quantitative estimate of drug-likeness (QED) is 0.774. The Morgan fingerprint density at radius 1 is 1.25 bits per heavy atom. The number of hydrogen-bond acceptors (Lipinski definition) is 5. The van der Waals surface area contributed by atoms with Crippen molar-refractivity contribution in [2.24, 2.45) is 0 Å². The van der Waals surface area contributed by atoms with Gasteiger partial charge in [0.05, 0.1) is 0 Å². The Kier molecular flexibility index (Phi) is 4.90. The average molecular weight is 342 g/mol. The van der Waals surface area contributed by atoms with E-state index in [1.54, 1.807) is 42.0 Å². The SMILES string of the molecule is CC(Cc1ccccc1F)NC(=O)c1csc(-c2ncccn2)n1. The lowest BCUT2D eigenvalue weighted by Gasteiger charge is -2.13. The molecule has 1 aromatic carbocycles. The molecule has 0 radical (unpaired) electrons. The molecule has 3 rings (SSSR count). The van der Waals surface area contributed by atoms with Crippen LogP contribution in [0.1, 0.15) is 23.0 Å². The van der Waals surface area contributed by atoms with E-state index in [4.69, 9.17) is 0 Å². The Balaban J connectivity index is 1.65. The number of halogens is 1. The van der Waals surface area contributed by atoms with E-state index in [0.717, 1.165) is 0 Å². The maximum Gasteiger partial charge on any atom is 0.270 e. The molecule has 1 N–H and O–H groups in total. The molecular weight excluding hydrogens is 327 g/mol. The van der Waals surface area contributed by atoms with Gasteiger partial charge in [-0.2, -0.15) is 0 Å². The van der Waals surface area contributed by atoms with Crippen LogP contribution in [0.4, 0.5) is 4.39 Å². The van der Waals surface area contributed by atoms with E-state index in [-0.39, 0.29) is 17.8 Å². The Labute approximate surface area is 142 Å². The molecule has 0 bridgehead atoms. The average Bonchev–Trinajstić information content (AvgIpc) is 3.08. The fourth-order valence-electron chi connectivity index (χ4n) is 2.23. The van der Waals surface area contributed by atoms with Gasteiger partial charge >= 0.3 is 0 Å². The number of amides is 1. The summed E-state index contributed by atoms with van der Waals surface area (Å²) >= 11 is 1.31. The minimum absolute atomic E-state index is 0.215. The lowest BCUT2D eigenvalue weighted by atomic mass is 10.1. The molecule has 5 nitrogen and oxygen atoms in total. The molecule has 2 heterocycles. The fraction of sp³-hybridized carbons (Fsp3) is 0.176. The Hall–Kier alpha value is -2.67. The van der Waals surface area contributed by atoms with E-state index in [1.807, 2.05) is 6.92 Å². The van der Waals surface area contributed by atoms with Crippen molar-refractivity contribution >= 4 is 17.2 Å². The van der Waals surface area contributed by atoms with Gasteiger partial charge < -0.3 is 5.32 Å². The second-order valence-electron chi connectivity index (χ2n) is 5.28. The molecule has 1 amide bonds. The summed E-state index contributed by atoms with van der Waals surface area (Å²) in [5, 5.41) is 5.08. The number of hydrogen-bond donors (Lipinski definition) is 1. The van der Waals surface area contributed by atoms with Crippen LogP contribution in [0.3, 0.4) is 0 Å². The molecule has 122 valence electrons. The molecule has 3 aromatic rings. The first kappa shape index (κ1) is 16.2. The smallest absolute Gasteiger partial charge is 0.270 e. The third kappa shape index (κ3) is 3.80. The van der Waals surface area contributed by atoms with Gasteiger partial charge in [0.1, 0.15) is 11.5 Å². The third-order valence-corrected chi connectivity index (χ3v) is 4.19. The number of nitrogens with zero attached hydrogens (tertiary/aromatic N) is 3. The van der Waals surface area contributed by atoms with Gasteiger partial charge in [-0.3, -0.25) is 4.79 Å². The van der Waals surface area contributed by atoms with Crippen molar-refractivity contribution < 1.29 is 9.18 Å². The molecule has 7 heteroatoms. The predicted octanol–water partition coefficient (Wildman–Crippen LogP) is 3.10. The van der Waals surface area contributed by atoms with E-state index >= 15 is 0 Å². The van der Waals surface area contributed by atoms with Gasteiger partial charge in [-0.05, 0) is 31.0 Å². The van der Waals surface area contributed by atoms with Gasteiger partial charge in [0.2, 0.25) is 0 Å². The molecule has 0 saturated heterocycles. The minimum Gasteiger partial charge on any atom is -0.348 e. The van der Waals surface area contributed by atoms with Crippen LogP contribution in [0.5, 0.6) is 0 Å². The first-order valence-corrected chi connectivity index (χ1v) is 8.28. The first-order valence-electron chi connectivity index (χ1n) is 7.40.